The van der Waals surface area contributed by atoms with Gasteiger partial charge in [-0.15, -0.1) is 0 Å². The third-order valence-corrected chi connectivity index (χ3v) is 6.04. The predicted octanol–water partition coefficient (Wildman–Crippen LogP) is 1.18. The van der Waals surface area contributed by atoms with E-state index in [4.69, 9.17) is 5.11 Å². The lowest BCUT2D eigenvalue weighted by Crippen LogP contribution is -2.71. The number of amides is 2. The van der Waals surface area contributed by atoms with E-state index in [1.807, 2.05) is 0 Å². The van der Waals surface area contributed by atoms with E-state index in [2.05, 4.69) is 11.1 Å². The molecule has 2 aliphatic rings. The average molecular weight is 388 g/mol. The first kappa shape index (κ1) is 20.3. The summed E-state index contributed by atoms with van der Waals surface area (Å²) in [6.07, 6.45) is 7.16. The minimum atomic E-state index is -0.976. The van der Waals surface area contributed by atoms with Crippen LogP contribution in [0.25, 0.3) is 0 Å². The number of rotatable bonds is 6. The number of carbonyl (C=O) groups is 3. The van der Waals surface area contributed by atoms with E-state index in [9.17, 15) is 14.4 Å². The van der Waals surface area contributed by atoms with Gasteiger partial charge in [-0.25, -0.2) is 4.79 Å². The van der Waals surface area contributed by atoms with Gasteiger partial charge in [-0.1, -0.05) is 31.4 Å². The normalized spacial score (nSPS) is 21.3. The van der Waals surface area contributed by atoms with Crippen LogP contribution in [-0.4, -0.2) is 46.4 Å². The van der Waals surface area contributed by atoms with Crippen molar-refractivity contribution in [3.63, 3.8) is 0 Å². The van der Waals surface area contributed by atoms with Crippen LogP contribution in [0.15, 0.2) is 24.3 Å². The highest BCUT2D eigenvalue weighted by molar-refractivity contribution is 5.90. The van der Waals surface area contributed by atoms with E-state index in [0.29, 0.717) is 25.4 Å². The molecule has 2 atom stereocenters. The summed E-state index contributed by atoms with van der Waals surface area (Å²) < 4.78 is 0. The standard InChI is InChI=1S/C21H29N3O4/c22-18(15-5-2-1-3-6-15)20(26)24-12-4-7-17(24)19(25)23-13-14-8-10-16(11-9-14)21(27)28/h8-11,15,17-18H,1-7,12-13,22H2,(H,23,25)(H,27,28)/p+1/t17-,18?/m0/s1. The van der Waals surface area contributed by atoms with Crippen molar-refractivity contribution >= 4 is 17.8 Å². The third-order valence-electron chi connectivity index (χ3n) is 6.04. The second kappa shape index (κ2) is 9.19. The Kier molecular flexibility index (Phi) is 6.67. The van der Waals surface area contributed by atoms with Gasteiger partial charge >= 0.3 is 5.97 Å². The highest BCUT2D eigenvalue weighted by Crippen LogP contribution is 2.27. The molecule has 7 nitrogen and oxygen atoms in total. The molecule has 7 heteroatoms. The van der Waals surface area contributed by atoms with Crippen LogP contribution in [0.4, 0.5) is 0 Å². The topological polar surface area (TPSA) is 114 Å². The zero-order valence-electron chi connectivity index (χ0n) is 16.2. The summed E-state index contributed by atoms with van der Waals surface area (Å²) in [6.45, 7) is 0.927. The fourth-order valence-electron chi connectivity index (χ4n) is 4.33. The quantitative estimate of drug-likeness (QED) is 0.679. The van der Waals surface area contributed by atoms with Crippen LogP contribution in [0.1, 0.15) is 60.9 Å². The maximum atomic E-state index is 13.0. The van der Waals surface area contributed by atoms with Gasteiger partial charge in [0.2, 0.25) is 5.91 Å². The SMILES string of the molecule is [NH3+]C(C(=O)N1CCC[C@H]1C(=O)NCc1ccc(C(=O)O)cc1)C1CCCCC1. The van der Waals surface area contributed by atoms with Crippen LogP contribution in [0.3, 0.4) is 0 Å². The number of carboxylic acid groups (broad SMARTS) is 1. The minimum Gasteiger partial charge on any atom is -0.478 e. The molecule has 0 bridgehead atoms. The zero-order chi connectivity index (χ0) is 20.1. The van der Waals surface area contributed by atoms with Crippen LogP contribution >= 0.6 is 0 Å². The van der Waals surface area contributed by atoms with Gasteiger partial charge in [-0.05, 0) is 43.4 Å². The third kappa shape index (κ3) is 4.70. The molecule has 1 aromatic carbocycles. The van der Waals surface area contributed by atoms with E-state index in [0.717, 1.165) is 37.7 Å². The van der Waals surface area contributed by atoms with Crippen LogP contribution in [-0.2, 0) is 16.1 Å². The van der Waals surface area contributed by atoms with Crippen LogP contribution < -0.4 is 11.1 Å². The Labute approximate surface area is 165 Å². The van der Waals surface area contributed by atoms with Crippen molar-refractivity contribution in [2.24, 2.45) is 5.92 Å². The molecule has 1 aromatic rings. The van der Waals surface area contributed by atoms with Crippen molar-refractivity contribution in [3.8, 4) is 0 Å². The Morgan fingerprint density at radius 3 is 2.39 bits per heavy atom. The monoisotopic (exact) mass is 388 g/mol. The van der Waals surface area contributed by atoms with Gasteiger partial charge in [0.15, 0.2) is 6.04 Å². The first-order valence-electron chi connectivity index (χ1n) is 10.2. The number of carboxylic acids is 1. The van der Waals surface area contributed by atoms with Gasteiger partial charge in [-0.3, -0.25) is 9.59 Å². The van der Waals surface area contributed by atoms with E-state index < -0.39 is 12.0 Å². The van der Waals surface area contributed by atoms with Crippen LogP contribution in [0.5, 0.6) is 0 Å². The molecule has 0 radical (unpaired) electrons. The molecular formula is C21H30N3O4+. The lowest BCUT2D eigenvalue weighted by Gasteiger charge is -2.30. The Balaban J connectivity index is 1.56. The maximum Gasteiger partial charge on any atom is 0.335 e. The highest BCUT2D eigenvalue weighted by Gasteiger charge is 2.40. The summed E-state index contributed by atoms with van der Waals surface area (Å²) in [6, 6.07) is 5.72. The summed E-state index contributed by atoms with van der Waals surface area (Å²) in [4.78, 5) is 38.3. The number of hydrogen-bond acceptors (Lipinski definition) is 3. The number of carbonyl (C=O) groups excluding carboxylic acids is 2. The second-order valence-electron chi connectivity index (χ2n) is 7.91. The number of nitrogens with zero attached hydrogens (tertiary/aromatic N) is 1. The maximum absolute atomic E-state index is 13.0. The Hall–Kier alpha value is -2.41. The van der Waals surface area contributed by atoms with E-state index in [-0.39, 0.29) is 23.4 Å². The zero-order valence-corrected chi connectivity index (χ0v) is 16.2. The Morgan fingerprint density at radius 2 is 1.75 bits per heavy atom. The summed E-state index contributed by atoms with van der Waals surface area (Å²) in [5.74, 6) is -0.783. The van der Waals surface area contributed by atoms with Gasteiger partial charge in [0.05, 0.1) is 5.56 Å². The van der Waals surface area contributed by atoms with Crippen molar-refractivity contribution in [2.75, 3.05) is 6.54 Å². The molecule has 0 spiro atoms. The fraction of sp³-hybridized carbons (Fsp3) is 0.571. The van der Waals surface area contributed by atoms with Gasteiger partial charge in [0, 0.05) is 19.0 Å². The van der Waals surface area contributed by atoms with Crippen molar-refractivity contribution in [1.82, 2.24) is 10.2 Å². The molecule has 5 N–H and O–H groups in total. The lowest BCUT2D eigenvalue weighted by atomic mass is 9.83. The number of likely N-dealkylation sites (tertiary alicyclic amines) is 1. The van der Waals surface area contributed by atoms with Gasteiger partial charge in [0.25, 0.3) is 5.91 Å². The number of benzene rings is 1. The highest BCUT2D eigenvalue weighted by atomic mass is 16.4. The second-order valence-corrected chi connectivity index (χ2v) is 7.91. The fourth-order valence-corrected chi connectivity index (χ4v) is 4.33. The molecule has 3 rings (SSSR count). The summed E-state index contributed by atoms with van der Waals surface area (Å²) in [7, 11) is 0. The molecule has 152 valence electrons. The van der Waals surface area contributed by atoms with Crippen LogP contribution in [0, 0.1) is 5.92 Å². The molecule has 1 aliphatic carbocycles. The van der Waals surface area contributed by atoms with Crippen molar-refractivity contribution in [2.45, 2.75) is 63.6 Å². The van der Waals surface area contributed by atoms with Crippen molar-refractivity contribution in [3.05, 3.63) is 35.4 Å². The lowest BCUT2D eigenvalue weighted by molar-refractivity contribution is -0.419. The van der Waals surface area contributed by atoms with E-state index in [1.54, 1.807) is 17.0 Å². The van der Waals surface area contributed by atoms with E-state index in [1.165, 1.54) is 18.6 Å². The molecule has 1 heterocycles. The van der Waals surface area contributed by atoms with Crippen LogP contribution in [0.2, 0.25) is 0 Å². The number of quaternary nitrogens is 1. The largest absolute Gasteiger partial charge is 0.478 e. The smallest absolute Gasteiger partial charge is 0.335 e. The van der Waals surface area contributed by atoms with Crippen molar-refractivity contribution in [1.29, 1.82) is 0 Å². The Bertz CT molecular complexity index is 713. The summed E-state index contributed by atoms with van der Waals surface area (Å²) >= 11 is 0. The summed E-state index contributed by atoms with van der Waals surface area (Å²) in [5.41, 5.74) is 5.19. The molecule has 28 heavy (non-hydrogen) atoms. The van der Waals surface area contributed by atoms with E-state index >= 15 is 0 Å². The molecular weight excluding hydrogens is 358 g/mol. The molecule has 1 saturated carbocycles. The molecule has 1 saturated heterocycles. The summed E-state index contributed by atoms with van der Waals surface area (Å²) in [5, 5.41) is 11.8. The predicted molar refractivity (Wildman–Crippen MR) is 103 cm³/mol. The minimum absolute atomic E-state index is 0.00959. The first-order chi connectivity index (χ1) is 13.5. The van der Waals surface area contributed by atoms with Gasteiger partial charge in [0.1, 0.15) is 6.04 Å². The molecule has 2 amide bonds. The number of aromatic carboxylic acids is 1. The number of nitrogens with one attached hydrogen (secondary N) is 1. The first-order valence-corrected chi connectivity index (χ1v) is 10.2. The molecule has 1 aliphatic heterocycles. The number of hydrogen-bond donors (Lipinski definition) is 3. The van der Waals surface area contributed by atoms with Gasteiger partial charge in [-0.2, -0.15) is 0 Å². The molecule has 2 fully saturated rings. The molecule has 0 aromatic heterocycles. The Morgan fingerprint density at radius 1 is 1.07 bits per heavy atom. The van der Waals surface area contributed by atoms with Gasteiger partial charge < -0.3 is 21.1 Å². The van der Waals surface area contributed by atoms with Crippen molar-refractivity contribution < 1.29 is 25.2 Å². The molecule has 1 unspecified atom stereocenters. The average Bonchev–Trinajstić information content (AvgIpc) is 3.22.